The molecule has 0 aliphatic rings. The van der Waals surface area contributed by atoms with Gasteiger partial charge in [0.1, 0.15) is 0 Å². The van der Waals surface area contributed by atoms with Gasteiger partial charge in [-0.2, -0.15) is 16.3 Å². The van der Waals surface area contributed by atoms with Crippen molar-refractivity contribution in [2.75, 3.05) is 13.2 Å². The van der Waals surface area contributed by atoms with Crippen LogP contribution in [0.2, 0.25) is 0 Å². The molecule has 0 aliphatic carbocycles. The first-order valence-corrected chi connectivity index (χ1v) is 6.86. The lowest BCUT2D eigenvalue weighted by Crippen LogP contribution is -2.26. The molecule has 2 heterocycles. The van der Waals surface area contributed by atoms with Gasteiger partial charge in [0, 0.05) is 24.1 Å². The van der Waals surface area contributed by atoms with Gasteiger partial charge in [-0.3, -0.25) is 0 Å². The molecule has 98 valence electrons. The SMILES string of the molecule is CCOC(CN)Cc1nc(-c2cscc2C)no1. The Morgan fingerprint density at radius 1 is 1.50 bits per heavy atom. The van der Waals surface area contributed by atoms with Crippen LogP contribution >= 0.6 is 11.3 Å². The number of rotatable bonds is 6. The third-order valence-corrected chi connectivity index (χ3v) is 3.49. The van der Waals surface area contributed by atoms with Crippen molar-refractivity contribution in [3.05, 3.63) is 22.2 Å². The second-order valence-electron chi connectivity index (χ2n) is 4.00. The van der Waals surface area contributed by atoms with Gasteiger partial charge in [0.2, 0.25) is 11.7 Å². The van der Waals surface area contributed by atoms with Gasteiger partial charge in [0.15, 0.2) is 0 Å². The zero-order chi connectivity index (χ0) is 13.0. The van der Waals surface area contributed by atoms with Crippen molar-refractivity contribution in [1.82, 2.24) is 10.1 Å². The number of aromatic nitrogens is 2. The Balaban J connectivity index is 2.09. The zero-order valence-corrected chi connectivity index (χ0v) is 11.4. The zero-order valence-electron chi connectivity index (χ0n) is 10.5. The third-order valence-electron chi connectivity index (χ3n) is 2.63. The first kappa shape index (κ1) is 13.2. The standard InChI is InChI=1S/C12H17N3O2S/c1-3-16-9(5-13)4-11-14-12(15-17-11)10-7-18-6-8(10)2/h6-7,9H,3-5,13H2,1-2H3. The molecule has 0 amide bonds. The van der Waals surface area contributed by atoms with Crippen LogP contribution in [0, 0.1) is 6.92 Å². The molecule has 2 aromatic rings. The van der Waals surface area contributed by atoms with E-state index in [0.29, 0.717) is 31.3 Å². The smallest absolute Gasteiger partial charge is 0.229 e. The summed E-state index contributed by atoms with van der Waals surface area (Å²) in [7, 11) is 0. The number of nitrogens with two attached hydrogens (primary N) is 1. The highest BCUT2D eigenvalue weighted by atomic mass is 32.1. The fourth-order valence-corrected chi connectivity index (χ4v) is 2.50. The van der Waals surface area contributed by atoms with E-state index in [1.54, 1.807) is 11.3 Å². The van der Waals surface area contributed by atoms with E-state index >= 15 is 0 Å². The maximum atomic E-state index is 5.62. The molecule has 6 heteroatoms. The van der Waals surface area contributed by atoms with Crippen LogP contribution in [0.25, 0.3) is 11.4 Å². The number of aryl methyl sites for hydroxylation is 1. The minimum absolute atomic E-state index is 0.0631. The first-order valence-electron chi connectivity index (χ1n) is 5.92. The maximum absolute atomic E-state index is 5.62. The minimum atomic E-state index is -0.0631. The summed E-state index contributed by atoms with van der Waals surface area (Å²) >= 11 is 1.63. The van der Waals surface area contributed by atoms with Crippen molar-refractivity contribution >= 4 is 11.3 Å². The van der Waals surface area contributed by atoms with E-state index in [1.165, 1.54) is 0 Å². The summed E-state index contributed by atoms with van der Waals surface area (Å²) in [6, 6.07) is 0. The average molecular weight is 267 g/mol. The maximum Gasteiger partial charge on any atom is 0.229 e. The molecule has 1 atom stereocenters. The van der Waals surface area contributed by atoms with Crippen molar-refractivity contribution < 1.29 is 9.26 Å². The number of thiophene rings is 1. The van der Waals surface area contributed by atoms with Gasteiger partial charge in [0.25, 0.3) is 0 Å². The molecular weight excluding hydrogens is 250 g/mol. The van der Waals surface area contributed by atoms with Gasteiger partial charge in [-0.1, -0.05) is 5.16 Å². The van der Waals surface area contributed by atoms with E-state index < -0.39 is 0 Å². The summed E-state index contributed by atoms with van der Waals surface area (Å²) in [5.74, 6) is 1.20. The largest absolute Gasteiger partial charge is 0.377 e. The molecule has 2 N–H and O–H groups in total. The summed E-state index contributed by atoms with van der Waals surface area (Å²) in [6.45, 7) is 5.05. The highest BCUT2D eigenvalue weighted by Gasteiger charge is 2.15. The number of hydrogen-bond donors (Lipinski definition) is 1. The average Bonchev–Trinajstić information content (AvgIpc) is 2.97. The highest BCUT2D eigenvalue weighted by Crippen LogP contribution is 2.24. The van der Waals surface area contributed by atoms with Crippen LogP contribution in [0.3, 0.4) is 0 Å². The van der Waals surface area contributed by atoms with Gasteiger partial charge in [-0.05, 0) is 24.8 Å². The van der Waals surface area contributed by atoms with Crippen molar-refractivity contribution in [1.29, 1.82) is 0 Å². The lowest BCUT2D eigenvalue weighted by atomic mass is 10.2. The molecule has 18 heavy (non-hydrogen) atoms. The molecule has 0 saturated heterocycles. The summed E-state index contributed by atoms with van der Waals surface area (Å²) in [6.07, 6.45) is 0.493. The Bertz CT molecular complexity index is 495. The topological polar surface area (TPSA) is 74.2 Å². The van der Waals surface area contributed by atoms with Crippen molar-refractivity contribution in [2.45, 2.75) is 26.4 Å². The lowest BCUT2D eigenvalue weighted by Gasteiger charge is -2.11. The molecule has 0 saturated carbocycles. The third kappa shape index (κ3) is 2.95. The van der Waals surface area contributed by atoms with E-state index in [0.717, 1.165) is 11.1 Å². The van der Waals surface area contributed by atoms with Crippen LogP contribution in [0.5, 0.6) is 0 Å². The van der Waals surface area contributed by atoms with E-state index in [4.69, 9.17) is 15.0 Å². The Labute approximate surface area is 110 Å². The van der Waals surface area contributed by atoms with Crippen LogP contribution in [-0.4, -0.2) is 29.4 Å². The Morgan fingerprint density at radius 2 is 2.33 bits per heavy atom. The van der Waals surface area contributed by atoms with Crippen molar-refractivity contribution in [3.63, 3.8) is 0 Å². The normalized spacial score (nSPS) is 12.8. The van der Waals surface area contributed by atoms with Crippen LogP contribution in [0.1, 0.15) is 18.4 Å². The second kappa shape index (κ2) is 6.08. The first-order chi connectivity index (χ1) is 8.74. The van der Waals surface area contributed by atoms with E-state index in [-0.39, 0.29) is 6.10 Å². The van der Waals surface area contributed by atoms with Crippen LogP contribution in [0.4, 0.5) is 0 Å². The Hall–Kier alpha value is -1.24. The highest BCUT2D eigenvalue weighted by molar-refractivity contribution is 7.08. The van der Waals surface area contributed by atoms with Gasteiger partial charge in [-0.25, -0.2) is 0 Å². The summed E-state index contributed by atoms with van der Waals surface area (Å²) in [5, 5.41) is 8.08. The molecule has 5 nitrogen and oxygen atoms in total. The molecule has 0 aromatic carbocycles. The molecule has 0 spiro atoms. The number of nitrogens with zero attached hydrogens (tertiary/aromatic N) is 2. The number of hydrogen-bond acceptors (Lipinski definition) is 6. The van der Waals surface area contributed by atoms with E-state index in [2.05, 4.69) is 15.5 Å². The second-order valence-corrected chi connectivity index (χ2v) is 4.74. The van der Waals surface area contributed by atoms with Gasteiger partial charge < -0.3 is 15.0 Å². The molecule has 1 unspecified atom stereocenters. The lowest BCUT2D eigenvalue weighted by molar-refractivity contribution is 0.0636. The number of ether oxygens (including phenoxy) is 1. The summed E-state index contributed by atoms with van der Waals surface area (Å²) in [5.41, 5.74) is 7.80. The molecular formula is C12H17N3O2S. The van der Waals surface area contributed by atoms with E-state index in [9.17, 15) is 0 Å². The Morgan fingerprint density at radius 3 is 2.94 bits per heavy atom. The van der Waals surface area contributed by atoms with Crippen LogP contribution in [-0.2, 0) is 11.2 Å². The molecule has 2 aromatic heterocycles. The monoisotopic (exact) mass is 267 g/mol. The van der Waals surface area contributed by atoms with Gasteiger partial charge in [-0.15, -0.1) is 0 Å². The minimum Gasteiger partial charge on any atom is -0.377 e. The Kier molecular flexibility index (Phi) is 4.46. The van der Waals surface area contributed by atoms with Crippen molar-refractivity contribution in [2.24, 2.45) is 5.73 Å². The summed E-state index contributed by atoms with van der Waals surface area (Å²) in [4.78, 5) is 4.38. The predicted octanol–water partition coefficient (Wildman–Crippen LogP) is 2.01. The van der Waals surface area contributed by atoms with Crippen LogP contribution < -0.4 is 5.73 Å². The predicted molar refractivity (Wildman–Crippen MR) is 70.5 cm³/mol. The van der Waals surface area contributed by atoms with E-state index in [1.807, 2.05) is 19.2 Å². The summed E-state index contributed by atoms with van der Waals surface area (Å²) < 4.78 is 10.7. The fourth-order valence-electron chi connectivity index (χ4n) is 1.68. The molecule has 0 radical (unpaired) electrons. The van der Waals surface area contributed by atoms with Gasteiger partial charge >= 0.3 is 0 Å². The molecule has 2 rings (SSSR count). The molecule has 0 aliphatic heterocycles. The molecule has 0 fully saturated rings. The van der Waals surface area contributed by atoms with Gasteiger partial charge in [0.05, 0.1) is 12.5 Å². The quantitative estimate of drug-likeness (QED) is 0.866. The fraction of sp³-hybridized carbons (Fsp3) is 0.500. The van der Waals surface area contributed by atoms with Crippen molar-refractivity contribution in [3.8, 4) is 11.4 Å². The molecule has 0 bridgehead atoms. The van der Waals surface area contributed by atoms with Crippen LogP contribution in [0.15, 0.2) is 15.3 Å².